The van der Waals surface area contributed by atoms with Gasteiger partial charge in [-0.15, -0.1) is 17.7 Å². The minimum atomic E-state index is -0.291. The Kier molecular flexibility index (Phi) is 2.48. The first-order chi connectivity index (χ1) is 5.24. The summed E-state index contributed by atoms with van der Waals surface area (Å²) in [7, 11) is 0. The van der Waals surface area contributed by atoms with Crippen molar-refractivity contribution in [1.82, 2.24) is 20.3 Å². The molecule has 5 nitrogen and oxygen atoms in total. The van der Waals surface area contributed by atoms with Crippen LogP contribution in [0.1, 0.15) is 6.92 Å². The number of hydrogen-bond donors (Lipinski definition) is 2. The molecule has 0 saturated carbocycles. The third-order valence-corrected chi connectivity index (χ3v) is 1.22. The van der Waals surface area contributed by atoms with E-state index < -0.39 is 0 Å². The van der Waals surface area contributed by atoms with Gasteiger partial charge in [0.15, 0.2) is 0 Å². The van der Waals surface area contributed by atoms with E-state index in [1.165, 1.54) is 6.20 Å². The molecule has 1 heterocycles. The first-order valence-electron chi connectivity index (χ1n) is 3.13. The van der Waals surface area contributed by atoms with Crippen LogP contribution in [0, 0.1) is 0 Å². The lowest BCUT2D eigenvalue weighted by Crippen LogP contribution is -2.28. The Hall–Kier alpha value is -1.04. The van der Waals surface area contributed by atoms with E-state index >= 15 is 0 Å². The van der Waals surface area contributed by atoms with Crippen molar-refractivity contribution in [3.05, 3.63) is 6.20 Å². The first kappa shape index (κ1) is 8.06. The van der Waals surface area contributed by atoms with Crippen LogP contribution in [0.3, 0.4) is 0 Å². The molecule has 0 spiro atoms. The summed E-state index contributed by atoms with van der Waals surface area (Å²) in [6, 6.07) is -0.291. The van der Waals surface area contributed by atoms with Crippen molar-refractivity contribution in [2.24, 2.45) is 0 Å². The Labute approximate surface area is 69.2 Å². The third kappa shape index (κ3) is 1.94. The highest BCUT2D eigenvalue weighted by atomic mass is 32.1. The van der Waals surface area contributed by atoms with Gasteiger partial charge in [0.1, 0.15) is 5.03 Å². The van der Waals surface area contributed by atoms with Gasteiger partial charge in [0.05, 0.1) is 6.20 Å². The molecule has 0 aliphatic rings. The van der Waals surface area contributed by atoms with Crippen LogP contribution in [-0.4, -0.2) is 27.6 Å². The largest absolute Gasteiger partial charge is 0.343 e. The summed E-state index contributed by atoms with van der Waals surface area (Å²) >= 11 is 3.89. The number of carbonyl (C=O) groups excluding carboxylic acids is 1. The predicted molar refractivity (Wildman–Crippen MR) is 41.7 cm³/mol. The molecular weight excluding hydrogens is 164 g/mol. The Balaban J connectivity index is 2.69. The molecule has 0 saturated heterocycles. The predicted octanol–water partition coefficient (Wildman–Crippen LogP) is 0.144. The minimum absolute atomic E-state index is 0.291. The monoisotopic (exact) mass is 172 g/mol. The summed E-state index contributed by atoms with van der Waals surface area (Å²) in [5.41, 5.74) is 0. The van der Waals surface area contributed by atoms with Crippen molar-refractivity contribution in [2.75, 3.05) is 6.54 Å². The van der Waals surface area contributed by atoms with Crippen molar-refractivity contribution in [2.45, 2.75) is 11.9 Å². The molecule has 0 unspecified atom stereocenters. The first-order valence-corrected chi connectivity index (χ1v) is 3.58. The second-order valence-electron chi connectivity index (χ2n) is 1.86. The van der Waals surface area contributed by atoms with Crippen LogP contribution in [0.15, 0.2) is 11.2 Å². The summed E-state index contributed by atoms with van der Waals surface area (Å²) in [5.74, 6) is 0. The average Bonchev–Trinajstić information content (AvgIpc) is 2.36. The van der Waals surface area contributed by atoms with E-state index in [1.807, 2.05) is 6.92 Å². The number of aromatic nitrogens is 3. The van der Waals surface area contributed by atoms with Crippen molar-refractivity contribution in [1.29, 1.82) is 0 Å². The normalized spacial score (nSPS) is 9.64. The quantitative estimate of drug-likeness (QED) is 0.592. The van der Waals surface area contributed by atoms with Crippen molar-refractivity contribution in [3.8, 4) is 0 Å². The molecule has 0 aliphatic heterocycles. The fourth-order valence-corrected chi connectivity index (χ4v) is 0.736. The van der Waals surface area contributed by atoms with Gasteiger partial charge in [-0.05, 0) is 6.92 Å². The molecule has 1 amide bonds. The van der Waals surface area contributed by atoms with Gasteiger partial charge >= 0.3 is 6.03 Å². The highest BCUT2D eigenvalue weighted by Gasteiger charge is 2.03. The van der Waals surface area contributed by atoms with Crippen LogP contribution in [-0.2, 0) is 0 Å². The molecule has 1 N–H and O–H groups in total. The Morgan fingerprint density at radius 1 is 1.91 bits per heavy atom. The van der Waals surface area contributed by atoms with Crippen molar-refractivity contribution < 1.29 is 4.79 Å². The summed E-state index contributed by atoms with van der Waals surface area (Å²) < 4.78 is 1.10. The molecule has 1 aromatic heterocycles. The molecule has 0 bridgehead atoms. The summed E-state index contributed by atoms with van der Waals surface area (Å²) in [6.45, 7) is 2.40. The summed E-state index contributed by atoms with van der Waals surface area (Å²) in [5, 5.41) is 10.0. The van der Waals surface area contributed by atoms with E-state index in [1.54, 1.807) is 0 Å². The topological polar surface area (TPSA) is 59.8 Å². The highest BCUT2D eigenvalue weighted by molar-refractivity contribution is 7.80. The van der Waals surface area contributed by atoms with Gasteiger partial charge in [-0.2, -0.15) is 4.68 Å². The Morgan fingerprint density at radius 2 is 2.64 bits per heavy atom. The number of nitrogens with zero attached hydrogens (tertiary/aromatic N) is 3. The van der Waals surface area contributed by atoms with E-state index in [0.717, 1.165) is 4.68 Å². The van der Waals surface area contributed by atoms with E-state index in [2.05, 4.69) is 28.3 Å². The van der Waals surface area contributed by atoms with Gasteiger partial charge in [0.2, 0.25) is 0 Å². The number of nitrogens with one attached hydrogen (secondary N) is 1. The average molecular weight is 172 g/mol. The highest BCUT2D eigenvalue weighted by Crippen LogP contribution is 1.96. The second-order valence-corrected chi connectivity index (χ2v) is 2.31. The molecule has 0 radical (unpaired) electrons. The lowest BCUT2D eigenvalue weighted by Gasteiger charge is -1.97. The number of rotatable bonds is 1. The fourth-order valence-electron chi connectivity index (χ4n) is 0.586. The fraction of sp³-hybridized carbons (Fsp3) is 0.400. The number of carbonyl (C=O) groups is 1. The Bertz CT molecular complexity index is 259. The van der Waals surface area contributed by atoms with Gasteiger partial charge in [-0.1, -0.05) is 5.21 Å². The second kappa shape index (κ2) is 3.38. The van der Waals surface area contributed by atoms with Gasteiger partial charge in [0.25, 0.3) is 0 Å². The van der Waals surface area contributed by atoms with E-state index in [4.69, 9.17) is 0 Å². The number of amides is 1. The molecular formula is C5H8N4OS. The lowest BCUT2D eigenvalue weighted by atomic mass is 10.7. The smallest absolute Gasteiger partial charge is 0.336 e. The van der Waals surface area contributed by atoms with Crippen molar-refractivity contribution >= 4 is 18.7 Å². The number of hydrogen-bond acceptors (Lipinski definition) is 4. The molecule has 6 heteroatoms. The standard InChI is InChI=1S/C5H8N4OS/c1-2-6-5(10)9-3-4(11)7-8-9/h3,11H,2H2,1H3,(H,6,10). The van der Waals surface area contributed by atoms with Gasteiger partial charge in [0, 0.05) is 6.54 Å². The van der Waals surface area contributed by atoms with E-state index in [9.17, 15) is 4.79 Å². The lowest BCUT2D eigenvalue weighted by molar-refractivity contribution is 0.239. The molecule has 0 fully saturated rings. The third-order valence-electron chi connectivity index (χ3n) is 1.02. The van der Waals surface area contributed by atoms with E-state index in [0.29, 0.717) is 11.6 Å². The molecule has 11 heavy (non-hydrogen) atoms. The zero-order valence-corrected chi connectivity index (χ0v) is 6.88. The van der Waals surface area contributed by atoms with Gasteiger partial charge in [-0.3, -0.25) is 0 Å². The molecule has 1 aromatic rings. The molecule has 0 aromatic carbocycles. The summed E-state index contributed by atoms with van der Waals surface area (Å²) in [6.07, 6.45) is 1.44. The summed E-state index contributed by atoms with van der Waals surface area (Å²) in [4.78, 5) is 11.0. The minimum Gasteiger partial charge on any atom is -0.336 e. The van der Waals surface area contributed by atoms with Crippen LogP contribution in [0.4, 0.5) is 4.79 Å². The van der Waals surface area contributed by atoms with Crippen LogP contribution < -0.4 is 5.32 Å². The zero-order chi connectivity index (χ0) is 8.27. The van der Waals surface area contributed by atoms with Crippen LogP contribution in [0.2, 0.25) is 0 Å². The van der Waals surface area contributed by atoms with E-state index in [-0.39, 0.29) is 6.03 Å². The number of thiol groups is 1. The van der Waals surface area contributed by atoms with Gasteiger partial charge < -0.3 is 5.32 Å². The maximum absolute atomic E-state index is 11.0. The SMILES string of the molecule is CCNC(=O)n1cc(S)nn1. The zero-order valence-electron chi connectivity index (χ0n) is 5.98. The molecule has 60 valence electrons. The van der Waals surface area contributed by atoms with Crippen LogP contribution >= 0.6 is 12.6 Å². The van der Waals surface area contributed by atoms with Crippen LogP contribution in [0.5, 0.6) is 0 Å². The Morgan fingerprint density at radius 3 is 3.09 bits per heavy atom. The molecule has 0 atom stereocenters. The van der Waals surface area contributed by atoms with Crippen molar-refractivity contribution in [3.63, 3.8) is 0 Å². The van der Waals surface area contributed by atoms with Crippen LogP contribution in [0.25, 0.3) is 0 Å². The van der Waals surface area contributed by atoms with Gasteiger partial charge in [-0.25, -0.2) is 4.79 Å². The maximum Gasteiger partial charge on any atom is 0.343 e. The molecule has 1 rings (SSSR count). The maximum atomic E-state index is 11.0. The molecule has 0 aliphatic carbocycles.